The molecular weight excluding hydrogens is 344 g/mol. The van der Waals surface area contributed by atoms with Gasteiger partial charge in [0.2, 0.25) is 10.0 Å². The molecule has 0 saturated heterocycles. The Balaban J connectivity index is 2.01. The number of aliphatic hydroxyl groups excluding tert-OH is 1. The van der Waals surface area contributed by atoms with Crippen LogP contribution in [0.1, 0.15) is 11.7 Å². The summed E-state index contributed by atoms with van der Waals surface area (Å²) in [5.41, 5.74) is 1.65. The van der Waals surface area contributed by atoms with Crippen molar-refractivity contribution < 1.29 is 13.5 Å². The second kappa shape index (κ2) is 6.97. The summed E-state index contributed by atoms with van der Waals surface area (Å²) in [6.45, 7) is -0.0981. The number of nitrogens with zero attached hydrogens (tertiary/aromatic N) is 1. The van der Waals surface area contributed by atoms with Crippen LogP contribution in [-0.2, 0) is 10.0 Å². The first kappa shape index (κ1) is 17.2. The van der Waals surface area contributed by atoms with Crippen molar-refractivity contribution in [3.8, 4) is 0 Å². The molecule has 120 valence electrons. The van der Waals surface area contributed by atoms with Crippen LogP contribution in [0.3, 0.4) is 0 Å². The Morgan fingerprint density at radius 1 is 1.23 bits per heavy atom. The molecule has 1 unspecified atom stereocenters. The van der Waals surface area contributed by atoms with E-state index in [0.29, 0.717) is 9.90 Å². The van der Waals surface area contributed by atoms with Gasteiger partial charge in [-0.25, -0.2) is 13.1 Å². The number of thiophene rings is 1. The van der Waals surface area contributed by atoms with Gasteiger partial charge in [-0.3, -0.25) is 0 Å². The fraction of sp³-hybridized carbons (Fsp3) is 0.286. The summed E-state index contributed by atoms with van der Waals surface area (Å²) in [4.78, 5) is 1.94. The number of sulfonamides is 1. The molecule has 0 amide bonds. The highest BCUT2D eigenvalue weighted by atomic mass is 35.5. The van der Waals surface area contributed by atoms with Crippen LogP contribution in [0.5, 0.6) is 0 Å². The number of benzene rings is 1. The number of nitrogens with one attached hydrogen (secondary N) is 1. The molecular formula is C14H17ClN2O3S2. The van der Waals surface area contributed by atoms with Gasteiger partial charge in [0.1, 0.15) is 4.21 Å². The van der Waals surface area contributed by atoms with Crippen molar-refractivity contribution in [2.75, 3.05) is 25.5 Å². The summed E-state index contributed by atoms with van der Waals surface area (Å²) in [7, 11) is 0.196. The highest BCUT2D eigenvalue weighted by Crippen LogP contribution is 2.25. The molecule has 0 saturated carbocycles. The summed E-state index contributed by atoms with van der Waals surface area (Å²) in [6, 6.07) is 10.2. The Kier molecular flexibility index (Phi) is 5.46. The minimum atomic E-state index is -3.65. The molecule has 0 aliphatic heterocycles. The molecule has 0 bridgehead atoms. The smallest absolute Gasteiger partial charge is 0.250 e. The van der Waals surface area contributed by atoms with Crippen LogP contribution in [0.25, 0.3) is 0 Å². The minimum Gasteiger partial charge on any atom is -0.387 e. The van der Waals surface area contributed by atoms with Crippen LogP contribution in [0.2, 0.25) is 4.34 Å². The van der Waals surface area contributed by atoms with E-state index >= 15 is 0 Å². The number of hydrogen-bond acceptors (Lipinski definition) is 5. The number of rotatable bonds is 6. The lowest BCUT2D eigenvalue weighted by atomic mass is 10.1. The van der Waals surface area contributed by atoms with E-state index in [1.165, 1.54) is 12.1 Å². The maximum Gasteiger partial charge on any atom is 0.250 e. The van der Waals surface area contributed by atoms with Crippen molar-refractivity contribution in [3.05, 3.63) is 46.3 Å². The van der Waals surface area contributed by atoms with E-state index in [4.69, 9.17) is 11.6 Å². The molecule has 1 atom stereocenters. The Labute approximate surface area is 139 Å². The summed E-state index contributed by atoms with van der Waals surface area (Å²) in [5, 5.41) is 10.1. The molecule has 22 heavy (non-hydrogen) atoms. The molecule has 2 N–H and O–H groups in total. The molecule has 0 spiro atoms. The number of aliphatic hydroxyl groups is 1. The Hall–Kier alpha value is -1.12. The maximum atomic E-state index is 12.0. The van der Waals surface area contributed by atoms with Gasteiger partial charge < -0.3 is 10.0 Å². The van der Waals surface area contributed by atoms with Crippen molar-refractivity contribution in [2.45, 2.75) is 10.3 Å². The molecule has 1 aromatic carbocycles. The minimum absolute atomic E-state index is 0.0981. The Morgan fingerprint density at radius 3 is 2.36 bits per heavy atom. The third kappa shape index (κ3) is 4.21. The summed E-state index contributed by atoms with van der Waals surface area (Å²) in [5.74, 6) is 0. The van der Waals surface area contributed by atoms with E-state index in [1.807, 2.05) is 31.1 Å². The largest absolute Gasteiger partial charge is 0.387 e. The summed E-state index contributed by atoms with van der Waals surface area (Å²) in [6.07, 6.45) is -0.915. The number of anilines is 1. The zero-order chi connectivity index (χ0) is 16.3. The van der Waals surface area contributed by atoms with Gasteiger partial charge in [-0.15, -0.1) is 11.3 Å². The van der Waals surface area contributed by atoms with Gasteiger partial charge in [0, 0.05) is 26.3 Å². The van der Waals surface area contributed by atoms with Crippen molar-refractivity contribution >= 4 is 38.6 Å². The average molecular weight is 361 g/mol. The third-order valence-electron chi connectivity index (χ3n) is 3.07. The first-order valence-corrected chi connectivity index (χ1v) is 9.18. The van der Waals surface area contributed by atoms with Crippen LogP contribution < -0.4 is 9.62 Å². The van der Waals surface area contributed by atoms with Gasteiger partial charge in [0.05, 0.1) is 10.4 Å². The monoisotopic (exact) mass is 360 g/mol. The molecule has 2 aromatic rings. The van der Waals surface area contributed by atoms with E-state index in [-0.39, 0.29) is 10.8 Å². The van der Waals surface area contributed by atoms with Crippen molar-refractivity contribution in [3.63, 3.8) is 0 Å². The van der Waals surface area contributed by atoms with E-state index in [0.717, 1.165) is 17.0 Å². The normalized spacial score (nSPS) is 13.1. The molecule has 1 aromatic heterocycles. The summed E-state index contributed by atoms with van der Waals surface area (Å²) >= 11 is 6.71. The van der Waals surface area contributed by atoms with E-state index < -0.39 is 16.1 Å². The lowest BCUT2D eigenvalue weighted by molar-refractivity contribution is 0.182. The van der Waals surface area contributed by atoms with E-state index in [9.17, 15) is 13.5 Å². The molecule has 0 radical (unpaired) electrons. The van der Waals surface area contributed by atoms with Gasteiger partial charge in [-0.2, -0.15) is 0 Å². The van der Waals surface area contributed by atoms with Gasteiger partial charge in [-0.05, 0) is 29.8 Å². The highest BCUT2D eigenvalue weighted by Gasteiger charge is 2.18. The molecule has 0 aliphatic rings. The first-order valence-electron chi connectivity index (χ1n) is 6.50. The molecule has 0 fully saturated rings. The predicted molar refractivity (Wildman–Crippen MR) is 90.2 cm³/mol. The molecule has 2 rings (SSSR count). The zero-order valence-corrected chi connectivity index (χ0v) is 14.5. The van der Waals surface area contributed by atoms with E-state index in [1.54, 1.807) is 12.1 Å². The van der Waals surface area contributed by atoms with Crippen LogP contribution >= 0.6 is 22.9 Å². The maximum absolute atomic E-state index is 12.0. The fourth-order valence-corrected chi connectivity index (χ4v) is 4.38. The van der Waals surface area contributed by atoms with Crippen LogP contribution in [0, 0.1) is 0 Å². The lowest BCUT2D eigenvalue weighted by Crippen LogP contribution is -2.28. The van der Waals surface area contributed by atoms with Crippen LogP contribution in [0.15, 0.2) is 40.6 Å². The molecule has 0 aliphatic carbocycles. The lowest BCUT2D eigenvalue weighted by Gasteiger charge is -2.15. The predicted octanol–water partition coefficient (Wildman–Crippen LogP) is 2.48. The van der Waals surface area contributed by atoms with Crippen molar-refractivity contribution in [1.82, 2.24) is 4.72 Å². The topological polar surface area (TPSA) is 69.6 Å². The molecule has 1 heterocycles. The number of halogens is 1. The standard InChI is InChI=1S/C14H17ClN2O3S2/c1-17(2)11-5-3-10(4-6-11)12(18)9-16-22(19,20)14-8-7-13(15)21-14/h3-8,12,16,18H,9H2,1-2H3. The molecule has 5 nitrogen and oxygen atoms in total. The van der Waals surface area contributed by atoms with Crippen molar-refractivity contribution in [2.24, 2.45) is 0 Å². The van der Waals surface area contributed by atoms with Crippen LogP contribution in [-0.4, -0.2) is 34.2 Å². The van der Waals surface area contributed by atoms with Gasteiger partial charge in [-0.1, -0.05) is 23.7 Å². The molecule has 8 heteroatoms. The second-order valence-corrected chi connectivity index (χ2v) is 8.62. The van der Waals surface area contributed by atoms with Gasteiger partial charge in [0.15, 0.2) is 0 Å². The first-order chi connectivity index (χ1) is 10.3. The second-order valence-electron chi connectivity index (χ2n) is 4.91. The summed E-state index contributed by atoms with van der Waals surface area (Å²) < 4.78 is 27.0. The van der Waals surface area contributed by atoms with Gasteiger partial charge in [0.25, 0.3) is 0 Å². The quantitative estimate of drug-likeness (QED) is 0.830. The Bertz CT molecular complexity index is 727. The zero-order valence-electron chi connectivity index (χ0n) is 12.2. The van der Waals surface area contributed by atoms with Crippen molar-refractivity contribution in [1.29, 1.82) is 0 Å². The average Bonchev–Trinajstić information content (AvgIpc) is 2.92. The third-order valence-corrected chi connectivity index (χ3v) is 6.22. The highest BCUT2D eigenvalue weighted by molar-refractivity contribution is 7.91. The number of hydrogen-bond donors (Lipinski definition) is 2. The Morgan fingerprint density at radius 2 is 1.86 bits per heavy atom. The van der Waals surface area contributed by atoms with Gasteiger partial charge >= 0.3 is 0 Å². The van der Waals surface area contributed by atoms with E-state index in [2.05, 4.69) is 4.72 Å². The fourth-order valence-electron chi connectivity index (χ4n) is 1.81. The van der Waals surface area contributed by atoms with Crippen LogP contribution in [0.4, 0.5) is 5.69 Å². The SMILES string of the molecule is CN(C)c1ccc(C(O)CNS(=O)(=O)c2ccc(Cl)s2)cc1.